The van der Waals surface area contributed by atoms with E-state index in [1.54, 1.807) is 0 Å². The summed E-state index contributed by atoms with van der Waals surface area (Å²) in [5.74, 6) is 6.54. The van der Waals surface area contributed by atoms with E-state index >= 15 is 0 Å². The molecule has 436 valence electrons. The number of benzene rings is 13. The van der Waals surface area contributed by atoms with Gasteiger partial charge in [-0.05, 0) is 186 Å². The third-order valence-corrected chi connectivity index (χ3v) is 19.3. The molecule has 0 unspecified atom stereocenters. The van der Waals surface area contributed by atoms with Gasteiger partial charge in [-0.25, -0.2) is 19.9 Å². The maximum absolute atomic E-state index is 6.34. The summed E-state index contributed by atoms with van der Waals surface area (Å²) in [7, 11) is 0. The van der Waals surface area contributed by atoms with Crippen LogP contribution in [-0.2, 0) is 0 Å². The summed E-state index contributed by atoms with van der Waals surface area (Å²) in [6.07, 6.45) is 0. The molecule has 0 radical (unpaired) electrons. The van der Waals surface area contributed by atoms with Gasteiger partial charge >= 0.3 is 0 Å². The summed E-state index contributed by atoms with van der Waals surface area (Å²) in [6.45, 7) is 0. The van der Waals surface area contributed by atoms with E-state index in [2.05, 4.69) is 237 Å². The molecule has 21 rings (SSSR count). The quantitative estimate of drug-likeness (QED) is 0.168. The summed E-state index contributed by atoms with van der Waals surface area (Å²) < 4.78 is 17.5. The van der Waals surface area contributed by atoms with Crippen LogP contribution >= 0.6 is 0 Å². The van der Waals surface area contributed by atoms with Crippen molar-refractivity contribution < 1.29 is 9.47 Å². The predicted octanol–water partition coefficient (Wildman–Crippen LogP) is 22.1. The van der Waals surface area contributed by atoms with Crippen LogP contribution in [0.5, 0.6) is 23.0 Å². The number of aromatic nitrogens is 6. The zero-order valence-electron chi connectivity index (χ0n) is 50.1. The first-order valence-electron chi connectivity index (χ1n) is 31.7. The Morgan fingerprint density at radius 2 is 0.702 bits per heavy atom. The molecule has 4 aromatic heterocycles. The van der Waals surface area contributed by atoms with Crippen LogP contribution in [0.25, 0.3) is 144 Å². The van der Waals surface area contributed by atoms with Crippen molar-refractivity contribution in [2.24, 2.45) is 0 Å². The van der Waals surface area contributed by atoms with Gasteiger partial charge in [0.2, 0.25) is 0 Å². The number of ether oxygens (including phenoxy) is 2. The smallest absolute Gasteiger partial charge is 0.160 e. The van der Waals surface area contributed by atoms with Gasteiger partial charge in [-0.3, -0.25) is 18.9 Å². The number of hydrogen-bond acceptors (Lipinski definition) is 8. The van der Waals surface area contributed by atoms with Crippen molar-refractivity contribution >= 4 is 88.8 Å². The number of para-hydroxylation sites is 6. The molecule has 10 heteroatoms. The second kappa shape index (κ2) is 19.3. The van der Waals surface area contributed by atoms with E-state index in [1.165, 1.54) is 0 Å². The van der Waals surface area contributed by atoms with E-state index in [4.69, 9.17) is 29.4 Å². The van der Waals surface area contributed by atoms with E-state index in [1.807, 2.05) is 72.8 Å². The summed E-state index contributed by atoms with van der Waals surface area (Å²) in [4.78, 5) is 25.6. The van der Waals surface area contributed by atoms with Crippen LogP contribution in [0.3, 0.4) is 0 Å². The largest absolute Gasteiger partial charge is 0.456 e. The average molecular weight is 1200 g/mol. The van der Waals surface area contributed by atoms with Crippen molar-refractivity contribution in [1.29, 1.82) is 0 Å². The highest BCUT2D eigenvalue weighted by molar-refractivity contribution is 6.08. The molecular weight excluding hydrogens is 1150 g/mol. The second-order valence-corrected chi connectivity index (χ2v) is 24.5. The van der Waals surface area contributed by atoms with Crippen molar-refractivity contribution in [2.75, 3.05) is 9.80 Å². The lowest BCUT2D eigenvalue weighted by molar-refractivity contribution is 0.486. The summed E-state index contributed by atoms with van der Waals surface area (Å²) in [6, 6.07) is 104. The van der Waals surface area contributed by atoms with Gasteiger partial charge < -0.3 is 9.47 Å². The van der Waals surface area contributed by atoms with E-state index < -0.39 is 0 Å². The minimum absolute atomic E-state index is 0.661. The van der Waals surface area contributed by atoms with Crippen molar-refractivity contribution in [1.82, 2.24) is 29.1 Å². The normalized spacial score (nSPS) is 12.8. The minimum Gasteiger partial charge on any atom is -0.456 e. The topological polar surface area (TPSA) is 86.4 Å². The van der Waals surface area contributed by atoms with Gasteiger partial charge in [-0.15, -0.1) is 0 Å². The van der Waals surface area contributed by atoms with Crippen molar-refractivity contribution in [2.45, 2.75) is 0 Å². The lowest BCUT2D eigenvalue weighted by atomic mass is 9.94. The average Bonchev–Trinajstić information content (AvgIpc) is 1.67. The molecule has 10 nitrogen and oxygen atoms in total. The Kier molecular flexibility index (Phi) is 10.4. The zero-order chi connectivity index (χ0) is 61.3. The van der Waals surface area contributed by atoms with Crippen LogP contribution in [0.15, 0.2) is 291 Å². The maximum atomic E-state index is 6.34. The number of nitrogens with zero attached hydrogens (tertiary/aromatic N) is 8. The van der Waals surface area contributed by atoms with Crippen LogP contribution in [0.4, 0.5) is 34.4 Å². The van der Waals surface area contributed by atoms with E-state index in [9.17, 15) is 0 Å². The molecule has 0 saturated carbocycles. The van der Waals surface area contributed by atoms with Gasteiger partial charge in [-0.1, -0.05) is 127 Å². The maximum Gasteiger partial charge on any atom is 0.160 e. The van der Waals surface area contributed by atoms with Crippen LogP contribution in [0, 0.1) is 0 Å². The summed E-state index contributed by atoms with van der Waals surface area (Å²) >= 11 is 0. The monoisotopic (exact) mass is 1200 g/mol. The molecule has 13 aromatic carbocycles. The van der Waals surface area contributed by atoms with Crippen LogP contribution < -0.4 is 19.3 Å². The van der Waals surface area contributed by atoms with Crippen molar-refractivity contribution in [3.8, 4) is 113 Å². The second-order valence-electron chi connectivity index (χ2n) is 24.5. The molecule has 0 bridgehead atoms. The number of hydrogen-bond donors (Lipinski definition) is 0. The number of anilines is 6. The first-order chi connectivity index (χ1) is 46.6. The molecule has 94 heavy (non-hydrogen) atoms. The Bertz CT molecular complexity index is 6150. The van der Waals surface area contributed by atoms with E-state index in [0.717, 1.165) is 190 Å². The minimum atomic E-state index is 0.661. The van der Waals surface area contributed by atoms with Crippen molar-refractivity contribution in [3.05, 3.63) is 291 Å². The van der Waals surface area contributed by atoms with Gasteiger partial charge in [0.25, 0.3) is 0 Å². The molecule has 0 N–H and O–H groups in total. The van der Waals surface area contributed by atoms with Gasteiger partial charge in [0, 0.05) is 66.7 Å². The van der Waals surface area contributed by atoms with E-state index in [0.29, 0.717) is 11.6 Å². The predicted molar refractivity (Wildman–Crippen MR) is 378 cm³/mol. The van der Waals surface area contributed by atoms with Crippen LogP contribution in [0.1, 0.15) is 0 Å². The fraction of sp³-hybridized carbons (Fsp3) is 0. The highest BCUT2D eigenvalue weighted by Gasteiger charge is 2.32. The fourth-order valence-electron chi connectivity index (χ4n) is 15.1. The standard InChI is InChI=1S/C84H48N8O2/c1-7-23-67-54(15-1)47-77-90(58-40-35-50(36-41-58)84-86-66-22-14-30-76-80(66)82(88-84)63-20-6-12-28-74(63)94-76)72-46-53-32-31-51(43-55(53)45-64(72)61-18-4-10-26-71(61)91(67)77)52-37-42-68-56(44-52)48-78-89(69-24-8-2-16-59(69)60-17-3-9-25-70(60)92(68)78)57-38-33-49(34-39-57)83-85-65-21-13-29-75-79(65)81(87-83)62-19-5-11-27-73(62)93-75/h1-48H. The SMILES string of the molecule is c1ccc2c(c1)Oc1cccc3nc(-c4ccc(N5c6cc7ccc(-c8ccc9c(c8)cc8n9-c9ccccc9-c9ccccc9N8c8ccc(-c9nc%10c%11c(cccc%11n9)Oc9ccccc9-%10)cc8)cc7cc6-c6ccccc6-n6c5cc5ccccc56)cc4)nc-2c13. The first-order valence-corrected chi connectivity index (χ1v) is 31.7. The molecule has 0 aliphatic carbocycles. The lowest BCUT2D eigenvalue weighted by Crippen LogP contribution is -2.13. The molecule has 8 heterocycles. The third-order valence-electron chi connectivity index (χ3n) is 19.3. The zero-order valence-corrected chi connectivity index (χ0v) is 50.1. The van der Waals surface area contributed by atoms with Gasteiger partial charge in [-0.2, -0.15) is 0 Å². The lowest BCUT2D eigenvalue weighted by Gasteiger charge is -2.26. The van der Waals surface area contributed by atoms with Gasteiger partial charge in [0.1, 0.15) is 34.6 Å². The first kappa shape index (κ1) is 50.9. The molecular formula is C84H48N8O2. The number of rotatable bonds is 5. The summed E-state index contributed by atoms with van der Waals surface area (Å²) in [5, 5.41) is 6.44. The Morgan fingerprint density at radius 1 is 0.255 bits per heavy atom. The molecule has 0 saturated heterocycles. The molecule has 17 aromatic rings. The fourth-order valence-corrected chi connectivity index (χ4v) is 15.1. The van der Waals surface area contributed by atoms with Crippen LogP contribution in [0.2, 0.25) is 0 Å². The molecule has 0 spiro atoms. The van der Waals surface area contributed by atoms with E-state index in [-0.39, 0.29) is 0 Å². The molecule has 0 amide bonds. The van der Waals surface area contributed by atoms with Gasteiger partial charge in [0.15, 0.2) is 11.6 Å². The Morgan fingerprint density at radius 3 is 1.31 bits per heavy atom. The Labute approximate surface area is 538 Å². The molecule has 0 atom stereocenters. The Balaban J connectivity index is 0.681. The summed E-state index contributed by atoms with van der Waals surface area (Å²) in [5.41, 5.74) is 22.8. The van der Waals surface area contributed by atoms with Crippen molar-refractivity contribution in [3.63, 3.8) is 0 Å². The highest BCUT2D eigenvalue weighted by Crippen LogP contribution is 2.54. The Hall–Kier alpha value is -12.9. The third kappa shape index (κ3) is 7.41. The highest BCUT2D eigenvalue weighted by atomic mass is 16.5. The molecule has 0 fully saturated rings. The molecule has 4 aliphatic rings. The molecule has 4 aliphatic heterocycles. The van der Waals surface area contributed by atoms with Crippen LogP contribution in [-0.4, -0.2) is 29.1 Å². The number of fused-ring (bicyclic) bond motifs is 19. The van der Waals surface area contributed by atoms with Gasteiger partial charge in [0.05, 0.1) is 67.0 Å².